The Bertz CT molecular complexity index is 358. The highest BCUT2D eigenvalue weighted by Gasteiger charge is 2.20. The normalized spacial score (nSPS) is 24.4. The van der Waals surface area contributed by atoms with Crippen molar-refractivity contribution in [3.8, 4) is 5.88 Å². The molecule has 0 spiro atoms. The van der Waals surface area contributed by atoms with Gasteiger partial charge in [0.05, 0.1) is 6.61 Å². The van der Waals surface area contributed by atoms with Crippen molar-refractivity contribution in [2.75, 3.05) is 18.5 Å². The highest BCUT2D eigenvalue weighted by atomic mass is 16.5. The molecule has 1 fully saturated rings. The van der Waals surface area contributed by atoms with E-state index >= 15 is 0 Å². The fraction of sp³-hybridized carbons (Fsp3) is 0.667. The van der Waals surface area contributed by atoms with Crippen molar-refractivity contribution in [2.45, 2.75) is 38.8 Å². The second-order valence-corrected chi connectivity index (χ2v) is 4.31. The fourth-order valence-corrected chi connectivity index (χ4v) is 2.08. The lowest BCUT2D eigenvalue weighted by molar-refractivity contribution is 0.326. The zero-order valence-corrected chi connectivity index (χ0v) is 10.4. The molecule has 5 nitrogen and oxygen atoms in total. The van der Waals surface area contributed by atoms with Gasteiger partial charge in [0.1, 0.15) is 12.1 Å². The summed E-state index contributed by atoms with van der Waals surface area (Å²) in [5.74, 6) is 1.46. The lowest BCUT2D eigenvalue weighted by atomic mass is 10.00. The average Bonchev–Trinajstić information content (AvgIpc) is 2.33. The first-order valence-corrected chi connectivity index (χ1v) is 6.24. The summed E-state index contributed by atoms with van der Waals surface area (Å²) >= 11 is 0. The molecule has 2 atom stereocenters. The van der Waals surface area contributed by atoms with Gasteiger partial charge in [-0.2, -0.15) is 0 Å². The van der Waals surface area contributed by atoms with Crippen molar-refractivity contribution in [3.63, 3.8) is 0 Å². The van der Waals surface area contributed by atoms with Crippen LogP contribution in [0.25, 0.3) is 0 Å². The fourth-order valence-electron chi connectivity index (χ4n) is 2.08. The van der Waals surface area contributed by atoms with Crippen LogP contribution in [0, 0.1) is 0 Å². The van der Waals surface area contributed by atoms with Crippen LogP contribution >= 0.6 is 0 Å². The number of hydrogen-bond donors (Lipinski definition) is 2. The lowest BCUT2D eigenvalue weighted by Gasteiger charge is -2.31. The van der Waals surface area contributed by atoms with Gasteiger partial charge in [0.15, 0.2) is 0 Å². The molecule has 0 bridgehead atoms. The number of ether oxygens (including phenoxy) is 1. The molecule has 1 aromatic heterocycles. The zero-order valence-electron chi connectivity index (χ0n) is 10.4. The Kier molecular flexibility index (Phi) is 4.14. The Balaban J connectivity index is 1.99. The third-order valence-corrected chi connectivity index (χ3v) is 3.03. The lowest BCUT2D eigenvalue weighted by Crippen LogP contribution is -2.46. The molecule has 0 amide bonds. The van der Waals surface area contributed by atoms with Crippen LogP contribution in [0.1, 0.15) is 26.7 Å². The van der Waals surface area contributed by atoms with Crippen molar-refractivity contribution in [2.24, 2.45) is 0 Å². The van der Waals surface area contributed by atoms with Gasteiger partial charge in [0.25, 0.3) is 0 Å². The minimum Gasteiger partial charge on any atom is -0.478 e. The second kappa shape index (κ2) is 5.82. The number of hydrogen-bond acceptors (Lipinski definition) is 5. The molecule has 1 saturated heterocycles. The predicted molar refractivity (Wildman–Crippen MR) is 67.3 cm³/mol. The largest absolute Gasteiger partial charge is 0.478 e. The van der Waals surface area contributed by atoms with Gasteiger partial charge in [-0.3, -0.25) is 0 Å². The highest BCUT2D eigenvalue weighted by molar-refractivity contribution is 5.38. The van der Waals surface area contributed by atoms with Gasteiger partial charge in [0.2, 0.25) is 5.88 Å². The molecule has 17 heavy (non-hydrogen) atoms. The Labute approximate surface area is 102 Å². The van der Waals surface area contributed by atoms with E-state index in [1.807, 2.05) is 13.0 Å². The minimum atomic E-state index is 0.424. The SMILES string of the molecule is CCOc1cc(NC2CCCNC2C)ncn1. The van der Waals surface area contributed by atoms with E-state index in [-0.39, 0.29) is 0 Å². The van der Waals surface area contributed by atoms with Crippen molar-refractivity contribution in [1.82, 2.24) is 15.3 Å². The first-order valence-electron chi connectivity index (χ1n) is 6.24. The molecule has 1 aromatic rings. The first-order chi connectivity index (χ1) is 8.29. The van der Waals surface area contributed by atoms with Gasteiger partial charge < -0.3 is 15.4 Å². The number of nitrogens with zero attached hydrogens (tertiary/aromatic N) is 2. The predicted octanol–water partition coefficient (Wildman–Crippen LogP) is 1.43. The van der Waals surface area contributed by atoms with Crippen LogP contribution in [-0.4, -0.2) is 35.2 Å². The van der Waals surface area contributed by atoms with Crippen LogP contribution in [0.5, 0.6) is 5.88 Å². The number of aromatic nitrogens is 2. The van der Waals surface area contributed by atoms with Gasteiger partial charge >= 0.3 is 0 Å². The van der Waals surface area contributed by atoms with E-state index < -0.39 is 0 Å². The van der Waals surface area contributed by atoms with Gasteiger partial charge in [-0.05, 0) is 33.2 Å². The Morgan fingerprint density at radius 2 is 2.41 bits per heavy atom. The monoisotopic (exact) mass is 236 g/mol. The molecule has 5 heteroatoms. The average molecular weight is 236 g/mol. The summed E-state index contributed by atoms with van der Waals surface area (Å²) in [6.45, 7) is 5.87. The minimum absolute atomic E-state index is 0.424. The van der Waals surface area contributed by atoms with Crippen molar-refractivity contribution in [3.05, 3.63) is 12.4 Å². The third kappa shape index (κ3) is 3.30. The van der Waals surface area contributed by atoms with Crippen LogP contribution < -0.4 is 15.4 Å². The molecule has 2 N–H and O–H groups in total. The van der Waals surface area contributed by atoms with E-state index in [0.717, 1.165) is 12.4 Å². The molecule has 0 aliphatic carbocycles. The van der Waals surface area contributed by atoms with E-state index in [2.05, 4.69) is 27.5 Å². The first kappa shape index (κ1) is 12.1. The highest BCUT2D eigenvalue weighted by Crippen LogP contribution is 2.16. The maximum absolute atomic E-state index is 5.36. The maximum atomic E-state index is 5.36. The van der Waals surface area contributed by atoms with Crippen molar-refractivity contribution in [1.29, 1.82) is 0 Å². The quantitative estimate of drug-likeness (QED) is 0.828. The summed E-state index contributed by atoms with van der Waals surface area (Å²) in [6.07, 6.45) is 3.90. The summed E-state index contributed by atoms with van der Waals surface area (Å²) in [6, 6.07) is 2.74. The van der Waals surface area contributed by atoms with Gasteiger partial charge in [0, 0.05) is 18.2 Å². The van der Waals surface area contributed by atoms with Crippen LogP contribution in [0.4, 0.5) is 5.82 Å². The van der Waals surface area contributed by atoms with Gasteiger partial charge in [-0.15, -0.1) is 0 Å². The number of piperidine rings is 1. The van der Waals surface area contributed by atoms with E-state index in [1.54, 1.807) is 0 Å². The molecular weight excluding hydrogens is 216 g/mol. The van der Waals surface area contributed by atoms with E-state index in [9.17, 15) is 0 Å². The van der Waals surface area contributed by atoms with Crippen LogP contribution in [0.2, 0.25) is 0 Å². The van der Waals surface area contributed by atoms with E-state index in [1.165, 1.54) is 19.2 Å². The molecule has 0 radical (unpaired) electrons. The Morgan fingerprint density at radius 3 is 3.18 bits per heavy atom. The van der Waals surface area contributed by atoms with Crippen molar-refractivity contribution < 1.29 is 4.74 Å². The zero-order chi connectivity index (χ0) is 12.1. The molecule has 1 aliphatic rings. The number of anilines is 1. The molecule has 2 unspecified atom stereocenters. The maximum Gasteiger partial charge on any atom is 0.218 e. The topological polar surface area (TPSA) is 59.1 Å². The Hall–Kier alpha value is -1.36. The molecular formula is C12H20N4O. The molecule has 1 aliphatic heterocycles. The van der Waals surface area contributed by atoms with E-state index in [4.69, 9.17) is 4.74 Å². The molecule has 2 heterocycles. The third-order valence-electron chi connectivity index (χ3n) is 3.03. The summed E-state index contributed by atoms with van der Waals surface area (Å²) in [7, 11) is 0. The molecule has 0 saturated carbocycles. The number of nitrogens with one attached hydrogen (secondary N) is 2. The molecule has 94 valence electrons. The number of rotatable bonds is 4. The summed E-state index contributed by atoms with van der Waals surface area (Å²) in [5, 5.41) is 6.89. The summed E-state index contributed by atoms with van der Waals surface area (Å²) in [4.78, 5) is 8.27. The van der Waals surface area contributed by atoms with Gasteiger partial charge in [-0.25, -0.2) is 9.97 Å². The van der Waals surface area contributed by atoms with E-state index in [0.29, 0.717) is 24.6 Å². The standard InChI is InChI=1S/C12H20N4O/c1-3-17-12-7-11(14-8-15-12)16-10-5-4-6-13-9(10)2/h7-10,13H,3-6H2,1-2H3,(H,14,15,16). The Morgan fingerprint density at radius 1 is 1.53 bits per heavy atom. The van der Waals surface area contributed by atoms with Crippen LogP contribution in [0.3, 0.4) is 0 Å². The molecule has 2 rings (SSSR count). The summed E-state index contributed by atoms with van der Waals surface area (Å²) < 4.78 is 5.36. The smallest absolute Gasteiger partial charge is 0.218 e. The van der Waals surface area contributed by atoms with Crippen LogP contribution in [0.15, 0.2) is 12.4 Å². The summed E-state index contributed by atoms with van der Waals surface area (Å²) in [5.41, 5.74) is 0. The van der Waals surface area contributed by atoms with Crippen molar-refractivity contribution >= 4 is 5.82 Å². The van der Waals surface area contributed by atoms with Gasteiger partial charge in [-0.1, -0.05) is 0 Å². The van der Waals surface area contributed by atoms with Crippen LogP contribution in [-0.2, 0) is 0 Å². The second-order valence-electron chi connectivity index (χ2n) is 4.31. The molecule has 0 aromatic carbocycles.